The average molecular weight is 617 g/mol. The Morgan fingerprint density at radius 2 is 1.57 bits per heavy atom. The molecule has 1 aromatic heterocycles. The number of hydrogen-bond donors (Lipinski definition) is 4. The SMILES string of the molecule is CN[C@@H](CCOCCCCc1ccc(-c2nncnn2)cc1)C(=O)O.CN[C@@H](COCCOC1CC/C=C/CCC1)C(=O)O. The maximum atomic E-state index is 10.8. The number of aromatic nitrogens is 4. The number of aryl methyl sites for hydroxylation is 1. The first-order valence-corrected chi connectivity index (χ1v) is 15.3. The number of hydrogen-bond acceptors (Lipinski definition) is 11. The van der Waals surface area contributed by atoms with Crippen molar-refractivity contribution in [1.29, 1.82) is 0 Å². The van der Waals surface area contributed by atoms with E-state index in [0.29, 0.717) is 44.8 Å². The summed E-state index contributed by atoms with van der Waals surface area (Å²) in [4.78, 5) is 21.6. The van der Waals surface area contributed by atoms with E-state index in [1.165, 1.54) is 18.3 Å². The molecule has 0 spiro atoms. The number of carboxylic acids is 2. The van der Waals surface area contributed by atoms with Crippen LogP contribution in [-0.2, 0) is 30.2 Å². The monoisotopic (exact) mass is 616 g/mol. The molecule has 0 fully saturated rings. The molecule has 1 heterocycles. The fraction of sp³-hybridized carbons (Fsp3) is 0.613. The van der Waals surface area contributed by atoms with E-state index < -0.39 is 24.0 Å². The van der Waals surface area contributed by atoms with Gasteiger partial charge in [-0.05, 0) is 77.4 Å². The highest BCUT2D eigenvalue weighted by Gasteiger charge is 2.15. The van der Waals surface area contributed by atoms with Crippen LogP contribution in [0.5, 0.6) is 0 Å². The van der Waals surface area contributed by atoms with Gasteiger partial charge in [-0.1, -0.05) is 36.4 Å². The summed E-state index contributed by atoms with van der Waals surface area (Å²) < 4.78 is 16.6. The summed E-state index contributed by atoms with van der Waals surface area (Å²) in [5, 5.41) is 38.4. The molecule has 44 heavy (non-hydrogen) atoms. The Labute approximate surface area is 259 Å². The maximum absolute atomic E-state index is 10.8. The van der Waals surface area contributed by atoms with E-state index in [2.05, 4.69) is 55.3 Å². The molecule has 13 nitrogen and oxygen atoms in total. The van der Waals surface area contributed by atoms with Crippen LogP contribution in [0, 0.1) is 0 Å². The molecule has 3 atom stereocenters. The van der Waals surface area contributed by atoms with Gasteiger partial charge in [0.1, 0.15) is 12.1 Å². The van der Waals surface area contributed by atoms with Gasteiger partial charge in [0, 0.05) is 18.8 Å². The second-order valence-electron chi connectivity index (χ2n) is 10.3. The van der Waals surface area contributed by atoms with Gasteiger partial charge in [-0.25, -0.2) is 0 Å². The second kappa shape index (κ2) is 23.1. The normalized spacial score (nSPS) is 16.9. The molecule has 3 rings (SSSR count). The molecule has 1 aliphatic carbocycles. The summed E-state index contributed by atoms with van der Waals surface area (Å²) in [6.07, 6.45) is 15.0. The molecule has 1 unspecified atom stereocenters. The first-order chi connectivity index (χ1) is 21.4. The fourth-order valence-electron chi connectivity index (χ4n) is 4.41. The summed E-state index contributed by atoms with van der Waals surface area (Å²) in [5.41, 5.74) is 2.13. The van der Waals surface area contributed by atoms with E-state index in [-0.39, 0.29) is 6.61 Å². The smallest absolute Gasteiger partial charge is 0.323 e. The van der Waals surface area contributed by atoms with Gasteiger partial charge in [0.15, 0.2) is 6.33 Å². The number of nitrogens with zero attached hydrogens (tertiary/aromatic N) is 4. The first kappa shape index (κ1) is 36.8. The summed E-state index contributed by atoms with van der Waals surface area (Å²) >= 11 is 0. The highest BCUT2D eigenvalue weighted by molar-refractivity contribution is 5.73. The van der Waals surface area contributed by atoms with E-state index in [1.807, 2.05) is 12.1 Å². The molecule has 0 saturated heterocycles. The van der Waals surface area contributed by atoms with E-state index in [9.17, 15) is 9.59 Å². The lowest BCUT2D eigenvalue weighted by atomic mass is 10.0. The molecular formula is C31H48N6O7. The lowest BCUT2D eigenvalue weighted by molar-refractivity contribution is -0.141. The molecule has 0 amide bonds. The molecule has 0 saturated carbocycles. The van der Waals surface area contributed by atoms with Crippen molar-refractivity contribution in [1.82, 2.24) is 31.0 Å². The van der Waals surface area contributed by atoms with Gasteiger partial charge in [0.25, 0.3) is 0 Å². The first-order valence-electron chi connectivity index (χ1n) is 15.3. The van der Waals surface area contributed by atoms with Crippen LogP contribution in [-0.4, -0.2) is 108 Å². The molecule has 4 N–H and O–H groups in total. The number of likely N-dealkylation sites (N-methyl/N-ethyl adjacent to an activating group) is 2. The Bertz CT molecular complexity index is 1070. The lowest BCUT2D eigenvalue weighted by Gasteiger charge is -2.19. The number of aliphatic carboxylic acids is 2. The van der Waals surface area contributed by atoms with Crippen molar-refractivity contribution < 1.29 is 34.0 Å². The van der Waals surface area contributed by atoms with Gasteiger partial charge in [0.05, 0.1) is 25.9 Å². The molecular weight excluding hydrogens is 568 g/mol. The number of unbranched alkanes of at least 4 members (excludes halogenated alkanes) is 1. The van der Waals surface area contributed by atoms with Gasteiger partial charge in [-0.15, -0.1) is 20.4 Å². The number of carboxylic acid groups (broad SMARTS) is 2. The van der Waals surface area contributed by atoms with Crippen molar-refractivity contribution in [3.63, 3.8) is 0 Å². The van der Waals surface area contributed by atoms with Crippen LogP contribution < -0.4 is 10.6 Å². The largest absolute Gasteiger partial charge is 0.480 e. The standard InChI is InChI=1S/C17H23N5O3.C14H25NO4/c1-18-15(17(23)24)9-11-25-10-3-2-4-13-5-7-14(8-6-13)16-21-19-12-20-22-16;1-15-13(14(16)17)11-18-9-10-19-12-7-5-3-2-4-6-8-12/h5-8,12,15,18H,2-4,9-11H2,1H3,(H,23,24);2-3,12-13,15H,4-11H2,1H3,(H,16,17)/b;3-2+/t15-;12?,13-/m00/s1. The topological polar surface area (TPSA) is 178 Å². The number of nitrogens with one attached hydrogen (secondary N) is 2. The van der Waals surface area contributed by atoms with Gasteiger partial charge in [0.2, 0.25) is 5.82 Å². The fourth-order valence-corrected chi connectivity index (χ4v) is 4.41. The van der Waals surface area contributed by atoms with Gasteiger partial charge in [-0.3, -0.25) is 9.59 Å². The predicted molar refractivity (Wildman–Crippen MR) is 165 cm³/mol. The molecule has 1 aliphatic rings. The molecule has 0 bridgehead atoms. The minimum absolute atomic E-state index is 0.169. The van der Waals surface area contributed by atoms with Crippen LogP contribution in [0.15, 0.2) is 42.7 Å². The Hall–Kier alpha value is -3.36. The molecule has 13 heteroatoms. The van der Waals surface area contributed by atoms with Crippen molar-refractivity contribution in [2.75, 3.05) is 47.1 Å². The number of carbonyl (C=O) groups is 2. The quantitative estimate of drug-likeness (QED) is 0.134. The Kier molecular flexibility index (Phi) is 19.3. The summed E-state index contributed by atoms with van der Waals surface area (Å²) in [5.74, 6) is -1.22. The molecule has 0 radical (unpaired) electrons. The third-order valence-corrected chi connectivity index (χ3v) is 7.05. The molecule has 1 aromatic carbocycles. The van der Waals surface area contributed by atoms with Gasteiger partial charge in [-0.2, -0.15) is 0 Å². The minimum Gasteiger partial charge on any atom is -0.480 e. The zero-order valence-corrected chi connectivity index (χ0v) is 25.9. The molecule has 244 valence electrons. The van der Waals surface area contributed by atoms with Crippen LogP contribution in [0.25, 0.3) is 11.4 Å². The van der Waals surface area contributed by atoms with E-state index >= 15 is 0 Å². The molecule has 2 aromatic rings. The van der Waals surface area contributed by atoms with E-state index in [0.717, 1.165) is 50.5 Å². The molecule has 0 aliphatic heterocycles. The minimum atomic E-state index is -0.893. The lowest BCUT2D eigenvalue weighted by Crippen LogP contribution is -2.38. The van der Waals surface area contributed by atoms with Crippen LogP contribution in [0.3, 0.4) is 0 Å². The Balaban J connectivity index is 0.000000319. The summed E-state index contributed by atoms with van der Waals surface area (Å²) in [6.45, 7) is 2.24. The third-order valence-electron chi connectivity index (χ3n) is 7.05. The van der Waals surface area contributed by atoms with Gasteiger partial charge >= 0.3 is 11.9 Å². The zero-order chi connectivity index (χ0) is 31.8. The van der Waals surface area contributed by atoms with Crippen molar-refractivity contribution in [2.45, 2.75) is 76.0 Å². The van der Waals surface area contributed by atoms with Crippen molar-refractivity contribution in [3.05, 3.63) is 48.3 Å². The van der Waals surface area contributed by atoms with E-state index in [1.54, 1.807) is 14.1 Å². The average Bonchev–Trinajstić information content (AvgIpc) is 3.02. The second-order valence-corrected chi connectivity index (χ2v) is 10.3. The number of allylic oxidation sites excluding steroid dienone is 2. The van der Waals surface area contributed by atoms with Crippen molar-refractivity contribution in [2.24, 2.45) is 0 Å². The third kappa shape index (κ3) is 15.9. The maximum Gasteiger partial charge on any atom is 0.323 e. The van der Waals surface area contributed by atoms with Crippen molar-refractivity contribution in [3.8, 4) is 11.4 Å². The van der Waals surface area contributed by atoms with Crippen LogP contribution >= 0.6 is 0 Å². The summed E-state index contributed by atoms with van der Waals surface area (Å²) in [7, 11) is 3.25. The van der Waals surface area contributed by atoms with Crippen LogP contribution in [0.1, 0.15) is 56.9 Å². The summed E-state index contributed by atoms with van der Waals surface area (Å²) in [6, 6.07) is 6.85. The highest BCUT2D eigenvalue weighted by Crippen LogP contribution is 2.16. The zero-order valence-electron chi connectivity index (χ0n) is 25.9. The Morgan fingerprint density at radius 3 is 2.25 bits per heavy atom. The highest BCUT2D eigenvalue weighted by atomic mass is 16.5. The van der Waals surface area contributed by atoms with Crippen molar-refractivity contribution >= 4 is 11.9 Å². The predicted octanol–water partition coefficient (Wildman–Crippen LogP) is 2.92. The Morgan fingerprint density at radius 1 is 0.864 bits per heavy atom. The number of rotatable bonds is 19. The van der Waals surface area contributed by atoms with E-state index in [4.69, 9.17) is 24.4 Å². The van der Waals surface area contributed by atoms with Crippen LogP contribution in [0.2, 0.25) is 0 Å². The number of ether oxygens (including phenoxy) is 3. The number of benzene rings is 1. The van der Waals surface area contributed by atoms with Gasteiger partial charge < -0.3 is 35.1 Å². The van der Waals surface area contributed by atoms with Crippen LogP contribution in [0.4, 0.5) is 0 Å².